The Morgan fingerprint density at radius 1 is 0.420 bits per heavy atom. The molecule has 2 aromatic heterocycles. The third-order valence-electron chi connectivity index (χ3n) is 10.9. The lowest BCUT2D eigenvalue weighted by atomic mass is 9.81. The number of para-hydroxylation sites is 3. The van der Waals surface area contributed by atoms with Crippen molar-refractivity contribution in [3.63, 3.8) is 0 Å². The van der Waals surface area contributed by atoms with Crippen molar-refractivity contribution in [2.45, 2.75) is 19.3 Å². The molecular formula is C48H34N2. The lowest BCUT2D eigenvalue weighted by molar-refractivity contribution is 0.661. The second-order valence-electron chi connectivity index (χ2n) is 14.0. The van der Waals surface area contributed by atoms with Gasteiger partial charge >= 0.3 is 0 Å². The lowest BCUT2D eigenvalue weighted by Gasteiger charge is -2.22. The van der Waals surface area contributed by atoms with Gasteiger partial charge in [-0.25, -0.2) is 0 Å². The number of rotatable bonds is 4. The Labute approximate surface area is 291 Å². The first-order valence-electron chi connectivity index (χ1n) is 17.4. The zero-order chi connectivity index (χ0) is 33.4. The van der Waals surface area contributed by atoms with Gasteiger partial charge in [-0.1, -0.05) is 129 Å². The number of pyridine rings is 1. The maximum absolute atomic E-state index is 4.55. The van der Waals surface area contributed by atoms with Crippen LogP contribution in [0.15, 0.2) is 170 Å². The maximum atomic E-state index is 4.55. The van der Waals surface area contributed by atoms with E-state index in [1.165, 1.54) is 88.5 Å². The van der Waals surface area contributed by atoms with E-state index >= 15 is 0 Å². The van der Waals surface area contributed by atoms with Gasteiger partial charge in [0.05, 0.1) is 16.6 Å². The number of hydrogen-bond acceptors (Lipinski definition) is 1. The van der Waals surface area contributed by atoms with Gasteiger partial charge in [-0.2, -0.15) is 0 Å². The minimum Gasteiger partial charge on any atom is -0.309 e. The molecule has 0 N–H and O–H groups in total. The number of fused-ring (bicyclic) bond motifs is 7. The van der Waals surface area contributed by atoms with E-state index in [1.807, 2.05) is 12.3 Å². The summed E-state index contributed by atoms with van der Waals surface area (Å²) in [6.07, 6.45) is 1.90. The molecule has 0 fully saturated rings. The Hall–Kier alpha value is -6.25. The summed E-state index contributed by atoms with van der Waals surface area (Å²) < 4.78 is 2.38. The van der Waals surface area contributed by atoms with Crippen molar-refractivity contribution in [1.82, 2.24) is 9.55 Å². The average molecular weight is 639 g/mol. The topological polar surface area (TPSA) is 17.8 Å². The Morgan fingerprint density at radius 2 is 0.900 bits per heavy atom. The Morgan fingerprint density at radius 3 is 1.50 bits per heavy atom. The summed E-state index contributed by atoms with van der Waals surface area (Å²) in [5.74, 6) is 0. The molecule has 0 saturated heterocycles. The van der Waals surface area contributed by atoms with Crippen LogP contribution in [0.1, 0.15) is 25.0 Å². The van der Waals surface area contributed by atoms with Crippen molar-refractivity contribution in [3.05, 3.63) is 181 Å². The van der Waals surface area contributed by atoms with Gasteiger partial charge in [0.2, 0.25) is 0 Å². The molecule has 1 aliphatic rings. The molecule has 0 atom stereocenters. The SMILES string of the molecule is CC1(C)c2cc(-c3ccc(-c4ccnc5ccccc45)cc3)ccc2-c2ccc(-c3ccc(-n4c5ccccc5c5ccccc54)cc3)cc21. The van der Waals surface area contributed by atoms with Gasteiger partial charge in [0.25, 0.3) is 0 Å². The minimum atomic E-state index is -0.116. The van der Waals surface area contributed by atoms with Gasteiger partial charge < -0.3 is 4.57 Å². The van der Waals surface area contributed by atoms with Crippen molar-refractivity contribution in [2.75, 3.05) is 0 Å². The molecule has 2 heteroatoms. The number of aromatic nitrogens is 2. The Balaban J connectivity index is 0.970. The summed E-state index contributed by atoms with van der Waals surface area (Å²) in [5.41, 5.74) is 17.4. The van der Waals surface area contributed by atoms with Gasteiger partial charge in [0.1, 0.15) is 0 Å². The highest BCUT2D eigenvalue weighted by molar-refractivity contribution is 6.09. The molecule has 2 nitrogen and oxygen atoms in total. The van der Waals surface area contributed by atoms with E-state index in [9.17, 15) is 0 Å². The highest BCUT2D eigenvalue weighted by Crippen LogP contribution is 2.50. The van der Waals surface area contributed by atoms with Crippen molar-refractivity contribution in [2.24, 2.45) is 0 Å². The van der Waals surface area contributed by atoms with Gasteiger partial charge in [0, 0.05) is 33.5 Å². The van der Waals surface area contributed by atoms with E-state index in [0.717, 1.165) is 5.52 Å². The molecule has 236 valence electrons. The second-order valence-corrected chi connectivity index (χ2v) is 14.0. The van der Waals surface area contributed by atoms with Crippen LogP contribution in [0.4, 0.5) is 0 Å². The van der Waals surface area contributed by atoms with Crippen molar-refractivity contribution >= 4 is 32.7 Å². The molecule has 0 unspecified atom stereocenters. The standard InChI is InChI=1S/C48H34N2/c1-48(2)43-29-34(31-15-17-33(18-16-31)37-27-28-49-45-12-6-3-9-40(37)45)21-25-38(43)39-26-22-35(30-44(39)48)32-19-23-36(24-20-32)50-46-13-7-4-10-41(46)42-11-5-8-14-47(42)50/h3-30H,1-2H3. The smallest absolute Gasteiger partial charge is 0.0708 e. The fourth-order valence-electron chi connectivity index (χ4n) is 8.29. The van der Waals surface area contributed by atoms with Gasteiger partial charge in [-0.05, 0) is 104 Å². The molecule has 0 amide bonds. The van der Waals surface area contributed by atoms with Crippen LogP contribution in [0.3, 0.4) is 0 Å². The van der Waals surface area contributed by atoms with E-state index in [1.54, 1.807) is 0 Å². The first-order chi connectivity index (χ1) is 24.5. The zero-order valence-electron chi connectivity index (χ0n) is 28.1. The molecule has 9 aromatic rings. The lowest BCUT2D eigenvalue weighted by Crippen LogP contribution is -2.15. The molecule has 50 heavy (non-hydrogen) atoms. The van der Waals surface area contributed by atoms with Crippen LogP contribution in [0.25, 0.3) is 82.9 Å². The minimum absolute atomic E-state index is 0.116. The van der Waals surface area contributed by atoms with Crippen LogP contribution < -0.4 is 0 Å². The summed E-state index contributed by atoms with van der Waals surface area (Å²) >= 11 is 0. The van der Waals surface area contributed by atoms with Crippen LogP contribution in [0.2, 0.25) is 0 Å². The summed E-state index contributed by atoms with van der Waals surface area (Å²) in [5, 5.41) is 3.75. The van der Waals surface area contributed by atoms with Crippen molar-refractivity contribution in [3.8, 4) is 50.2 Å². The van der Waals surface area contributed by atoms with Crippen LogP contribution >= 0.6 is 0 Å². The summed E-state index contributed by atoms with van der Waals surface area (Å²) in [7, 11) is 0. The predicted octanol–water partition coefficient (Wildman–Crippen LogP) is 12.6. The van der Waals surface area contributed by atoms with Gasteiger partial charge in [-0.15, -0.1) is 0 Å². The zero-order valence-corrected chi connectivity index (χ0v) is 28.1. The van der Waals surface area contributed by atoms with Gasteiger partial charge in [-0.3, -0.25) is 4.98 Å². The van der Waals surface area contributed by atoms with E-state index in [-0.39, 0.29) is 5.41 Å². The molecule has 0 radical (unpaired) electrons. The Kier molecular flexibility index (Phi) is 6.25. The normalized spacial score (nSPS) is 13.2. The van der Waals surface area contributed by atoms with Crippen LogP contribution in [-0.4, -0.2) is 9.55 Å². The molecular weight excluding hydrogens is 605 g/mol. The van der Waals surface area contributed by atoms with Crippen LogP contribution in [-0.2, 0) is 5.41 Å². The fraction of sp³-hybridized carbons (Fsp3) is 0.0625. The highest BCUT2D eigenvalue weighted by atomic mass is 15.0. The van der Waals surface area contributed by atoms with Crippen LogP contribution in [0, 0.1) is 0 Å². The van der Waals surface area contributed by atoms with Crippen molar-refractivity contribution in [1.29, 1.82) is 0 Å². The monoisotopic (exact) mass is 638 g/mol. The predicted molar refractivity (Wildman–Crippen MR) is 210 cm³/mol. The molecule has 10 rings (SSSR count). The molecule has 0 spiro atoms. The first-order valence-corrected chi connectivity index (χ1v) is 17.4. The molecule has 0 bridgehead atoms. The maximum Gasteiger partial charge on any atom is 0.0708 e. The summed E-state index contributed by atoms with van der Waals surface area (Å²) in [4.78, 5) is 4.55. The number of hydrogen-bond donors (Lipinski definition) is 0. The second kappa shape index (κ2) is 10.9. The number of nitrogens with zero attached hydrogens (tertiary/aromatic N) is 2. The van der Waals surface area contributed by atoms with Crippen molar-refractivity contribution < 1.29 is 0 Å². The molecule has 7 aromatic carbocycles. The fourth-order valence-corrected chi connectivity index (χ4v) is 8.29. The first kappa shape index (κ1) is 28.7. The van der Waals surface area contributed by atoms with E-state index in [0.29, 0.717) is 0 Å². The summed E-state index contributed by atoms with van der Waals surface area (Å²) in [6, 6.07) is 59.9. The number of benzene rings is 7. The average Bonchev–Trinajstić information content (AvgIpc) is 3.63. The molecule has 0 saturated carbocycles. The van der Waals surface area contributed by atoms with Gasteiger partial charge in [0.15, 0.2) is 0 Å². The Bertz CT molecular complexity index is 2710. The van der Waals surface area contributed by atoms with E-state index in [2.05, 4.69) is 181 Å². The highest BCUT2D eigenvalue weighted by Gasteiger charge is 2.36. The van der Waals surface area contributed by atoms with E-state index in [4.69, 9.17) is 0 Å². The third kappa shape index (κ3) is 4.32. The summed E-state index contributed by atoms with van der Waals surface area (Å²) in [6.45, 7) is 4.74. The largest absolute Gasteiger partial charge is 0.309 e. The molecule has 2 heterocycles. The van der Waals surface area contributed by atoms with E-state index < -0.39 is 0 Å². The third-order valence-corrected chi connectivity index (χ3v) is 10.9. The molecule has 0 aliphatic heterocycles. The van der Waals surface area contributed by atoms with Crippen LogP contribution in [0.5, 0.6) is 0 Å². The molecule has 1 aliphatic carbocycles. The quantitative estimate of drug-likeness (QED) is 0.188.